The lowest BCUT2D eigenvalue weighted by Crippen LogP contribution is -2.21. The highest BCUT2D eigenvalue weighted by Gasteiger charge is 2.23. The second kappa shape index (κ2) is 9.81. The van der Waals surface area contributed by atoms with Crippen LogP contribution in [0.5, 0.6) is 0 Å². The molecule has 1 N–H and O–H groups in total. The van der Waals surface area contributed by atoms with Gasteiger partial charge in [-0.2, -0.15) is 15.3 Å². The predicted molar refractivity (Wildman–Crippen MR) is 140 cm³/mol. The summed E-state index contributed by atoms with van der Waals surface area (Å²) >= 11 is 0. The van der Waals surface area contributed by atoms with E-state index in [0.29, 0.717) is 35.0 Å². The SMILES string of the molecule is Cc1cc(C)n(Cn2nc(C)c(NC(=O)Cn3nc(C)c4c(C(F)F)cc(-c5ccccc5)nc43)c2C)n1. The second-order valence-electron chi connectivity index (χ2n) is 9.37. The predicted octanol–water partition coefficient (Wildman–Crippen LogP) is 5.12. The van der Waals surface area contributed by atoms with E-state index < -0.39 is 6.43 Å². The van der Waals surface area contributed by atoms with Gasteiger partial charge in [-0.05, 0) is 46.8 Å². The number of halogens is 2. The number of pyridine rings is 1. The molecule has 5 aromatic rings. The Morgan fingerprint density at radius 1 is 0.921 bits per heavy atom. The number of carbonyl (C=O) groups excluding carboxylic acids is 1. The van der Waals surface area contributed by atoms with Gasteiger partial charge in [0.15, 0.2) is 5.65 Å². The third-order valence-electron chi connectivity index (χ3n) is 6.52. The van der Waals surface area contributed by atoms with Crippen LogP contribution in [0.2, 0.25) is 0 Å². The molecule has 0 saturated carbocycles. The van der Waals surface area contributed by atoms with Crippen molar-refractivity contribution in [3.05, 3.63) is 76.5 Å². The number of carbonyl (C=O) groups is 1. The fraction of sp³-hybridized carbons (Fsp3) is 0.296. The van der Waals surface area contributed by atoms with Crippen LogP contribution in [0.1, 0.15) is 40.5 Å². The summed E-state index contributed by atoms with van der Waals surface area (Å²) in [4.78, 5) is 17.8. The monoisotopic (exact) mass is 518 g/mol. The van der Waals surface area contributed by atoms with Crippen LogP contribution in [0.25, 0.3) is 22.3 Å². The number of nitrogens with zero attached hydrogens (tertiary/aromatic N) is 7. The van der Waals surface area contributed by atoms with Gasteiger partial charge in [-0.15, -0.1) is 0 Å². The summed E-state index contributed by atoms with van der Waals surface area (Å²) in [6.07, 6.45) is -2.72. The van der Waals surface area contributed by atoms with E-state index in [1.54, 1.807) is 23.7 Å². The Hall–Kier alpha value is -4.41. The number of aryl methyl sites for hydroxylation is 4. The van der Waals surface area contributed by atoms with Crippen LogP contribution < -0.4 is 5.32 Å². The van der Waals surface area contributed by atoms with Crippen LogP contribution in [0.4, 0.5) is 14.5 Å². The molecule has 0 aliphatic heterocycles. The zero-order chi connectivity index (χ0) is 27.1. The van der Waals surface area contributed by atoms with Crippen LogP contribution in [0.3, 0.4) is 0 Å². The maximum Gasteiger partial charge on any atom is 0.264 e. The summed E-state index contributed by atoms with van der Waals surface area (Å²) in [6, 6.07) is 12.5. The molecule has 0 saturated heterocycles. The largest absolute Gasteiger partial charge is 0.321 e. The molecule has 5 rings (SSSR count). The number of benzene rings is 1. The Morgan fingerprint density at radius 2 is 1.63 bits per heavy atom. The third kappa shape index (κ3) is 4.67. The third-order valence-corrected chi connectivity index (χ3v) is 6.52. The fourth-order valence-electron chi connectivity index (χ4n) is 4.70. The molecule has 0 aliphatic carbocycles. The summed E-state index contributed by atoms with van der Waals surface area (Å²) in [5.74, 6) is -0.364. The van der Waals surface area contributed by atoms with Crippen molar-refractivity contribution >= 4 is 22.6 Å². The topological polar surface area (TPSA) is 95.5 Å². The Morgan fingerprint density at radius 3 is 2.29 bits per heavy atom. The Labute approximate surface area is 218 Å². The van der Waals surface area contributed by atoms with Gasteiger partial charge in [0.1, 0.15) is 13.2 Å². The van der Waals surface area contributed by atoms with E-state index in [2.05, 4.69) is 25.6 Å². The molecular weight excluding hydrogens is 490 g/mol. The molecule has 38 heavy (non-hydrogen) atoms. The minimum atomic E-state index is -2.72. The van der Waals surface area contributed by atoms with Gasteiger partial charge in [0.25, 0.3) is 6.43 Å². The molecule has 0 radical (unpaired) electrons. The van der Waals surface area contributed by atoms with Gasteiger partial charge in [0.2, 0.25) is 5.91 Å². The van der Waals surface area contributed by atoms with E-state index in [1.807, 2.05) is 56.6 Å². The first-order chi connectivity index (χ1) is 18.1. The Kier molecular flexibility index (Phi) is 6.52. The zero-order valence-electron chi connectivity index (χ0n) is 21.8. The van der Waals surface area contributed by atoms with E-state index in [1.165, 1.54) is 10.7 Å². The van der Waals surface area contributed by atoms with Crippen molar-refractivity contribution in [2.24, 2.45) is 0 Å². The van der Waals surface area contributed by atoms with Crippen LogP contribution in [0.15, 0.2) is 42.5 Å². The molecule has 4 heterocycles. The number of fused-ring (bicyclic) bond motifs is 1. The molecular formula is C27H28F2N8O. The average Bonchev–Trinajstić information content (AvgIpc) is 3.46. The van der Waals surface area contributed by atoms with Crippen LogP contribution in [0, 0.1) is 34.6 Å². The van der Waals surface area contributed by atoms with Gasteiger partial charge in [-0.25, -0.2) is 27.8 Å². The molecule has 11 heteroatoms. The average molecular weight is 519 g/mol. The molecule has 9 nitrogen and oxygen atoms in total. The van der Waals surface area contributed by atoms with Crippen molar-refractivity contribution in [2.45, 2.75) is 54.3 Å². The van der Waals surface area contributed by atoms with E-state index in [-0.39, 0.29) is 29.0 Å². The van der Waals surface area contributed by atoms with Gasteiger partial charge in [-0.1, -0.05) is 30.3 Å². The van der Waals surface area contributed by atoms with E-state index in [9.17, 15) is 13.6 Å². The highest BCUT2D eigenvalue weighted by molar-refractivity contribution is 5.93. The summed E-state index contributed by atoms with van der Waals surface area (Å²) in [7, 11) is 0. The number of nitrogens with one attached hydrogen (secondary N) is 1. The lowest BCUT2D eigenvalue weighted by molar-refractivity contribution is -0.116. The quantitative estimate of drug-likeness (QED) is 0.323. The van der Waals surface area contributed by atoms with E-state index in [0.717, 1.165) is 17.1 Å². The number of aromatic nitrogens is 7. The first-order valence-electron chi connectivity index (χ1n) is 12.2. The summed E-state index contributed by atoms with van der Waals surface area (Å²) < 4.78 is 33.1. The number of alkyl halides is 2. The summed E-state index contributed by atoms with van der Waals surface area (Å²) in [5.41, 5.74) is 5.51. The van der Waals surface area contributed by atoms with Crippen LogP contribution >= 0.6 is 0 Å². The number of anilines is 1. The Bertz CT molecular complexity index is 1650. The minimum absolute atomic E-state index is 0.157. The maximum absolute atomic E-state index is 14.0. The standard InChI is InChI=1S/C27H28F2N8O/c1-15-11-16(2)36(32-15)14-37-19(5)25(18(4)34-37)31-23(38)13-35-27-24(17(3)33-35)21(26(28)29)12-22(30-27)20-9-7-6-8-10-20/h6-12,26H,13-14H2,1-5H3,(H,31,38). The molecule has 0 aliphatic rings. The van der Waals surface area contributed by atoms with Gasteiger partial charge >= 0.3 is 0 Å². The summed E-state index contributed by atoms with van der Waals surface area (Å²) in [5, 5.41) is 16.6. The van der Waals surface area contributed by atoms with Crippen molar-refractivity contribution in [3.8, 4) is 11.3 Å². The maximum atomic E-state index is 14.0. The summed E-state index contributed by atoms with van der Waals surface area (Å²) in [6.45, 7) is 9.45. The van der Waals surface area contributed by atoms with Gasteiger partial charge in [0.05, 0.1) is 39.5 Å². The molecule has 0 bridgehead atoms. The lowest BCUT2D eigenvalue weighted by atomic mass is 10.1. The van der Waals surface area contributed by atoms with Gasteiger partial charge in [-0.3, -0.25) is 4.79 Å². The van der Waals surface area contributed by atoms with Crippen molar-refractivity contribution in [1.82, 2.24) is 34.3 Å². The second-order valence-corrected chi connectivity index (χ2v) is 9.37. The lowest BCUT2D eigenvalue weighted by Gasteiger charge is -2.10. The van der Waals surface area contributed by atoms with Crippen molar-refractivity contribution in [3.63, 3.8) is 0 Å². The smallest absolute Gasteiger partial charge is 0.264 e. The molecule has 0 spiro atoms. The van der Waals surface area contributed by atoms with Crippen molar-refractivity contribution in [1.29, 1.82) is 0 Å². The molecule has 1 amide bonds. The van der Waals surface area contributed by atoms with E-state index in [4.69, 9.17) is 0 Å². The Balaban J connectivity index is 1.44. The molecule has 196 valence electrons. The normalized spacial score (nSPS) is 11.6. The number of hydrogen-bond acceptors (Lipinski definition) is 5. The molecule has 0 fully saturated rings. The van der Waals surface area contributed by atoms with Crippen LogP contribution in [-0.2, 0) is 18.0 Å². The van der Waals surface area contributed by atoms with E-state index >= 15 is 0 Å². The molecule has 0 atom stereocenters. The number of amides is 1. The molecule has 0 unspecified atom stereocenters. The minimum Gasteiger partial charge on any atom is -0.321 e. The molecule has 4 aromatic heterocycles. The number of rotatable bonds is 7. The molecule has 1 aromatic carbocycles. The fourth-order valence-corrected chi connectivity index (χ4v) is 4.70. The van der Waals surface area contributed by atoms with Crippen molar-refractivity contribution < 1.29 is 13.6 Å². The van der Waals surface area contributed by atoms with Gasteiger partial charge in [0, 0.05) is 16.8 Å². The first kappa shape index (κ1) is 25.2. The zero-order valence-corrected chi connectivity index (χ0v) is 21.8. The number of hydrogen-bond donors (Lipinski definition) is 1. The highest BCUT2D eigenvalue weighted by atomic mass is 19.3. The highest BCUT2D eigenvalue weighted by Crippen LogP contribution is 2.33. The first-order valence-corrected chi connectivity index (χ1v) is 12.2. The van der Waals surface area contributed by atoms with Gasteiger partial charge < -0.3 is 5.32 Å². The van der Waals surface area contributed by atoms with Crippen molar-refractivity contribution in [2.75, 3.05) is 5.32 Å². The van der Waals surface area contributed by atoms with Crippen LogP contribution in [-0.4, -0.2) is 40.2 Å².